The Morgan fingerprint density at radius 2 is 2.05 bits per heavy atom. The molecular weight excluding hydrogens is 308 g/mol. The zero-order chi connectivity index (χ0) is 13.2. The molecule has 1 heterocycles. The van der Waals surface area contributed by atoms with E-state index in [0.29, 0.717) is 16.2 Å². The van der Waals surface area contributed by atoms with Gasteiger partial charge in [-0.2, -0.15) is 0 Å². The number of hydrogen-bond donors (Lipinski definition) is 2. The number of ether oxygens (including phenoxy) is 1. The third-order valence-corrected chi connectivity index (χ3v) is 3.89. The Morgan fingerprint density at radius 3 is 2.89 bits per heavy atom. The zero-order valence-corrected chi connectivity index (χ0v) is 11.8. The van der Waals surface area contributed by atoms with Crippen molar-refractivity contribution in [2.45, 2.75) is 19.3 Å². The number of benzene rings is 1. The van der Waals surface area contributed by atoms with Crippen LogP contribution in [0.25, 0.3) is 0 Å². The number of nitrogens with zero attached hydrogens (tertiary/aromatic N) is 2. The Bertz CT molecular complexity index is 618. The van der Waals surface area contributed by atoms with Crippen LogP contribution in [0.4, 0.5) is 5.82 Å². The summed E-state index contributed by atoms with van der Waals surface area (Å²) in [5, 5.41) is 0. The molecule has 5 nitrogen and oxygen atoms in total. The summed E-state index contributed by atoms with van der Waals surface area (Å²) in [4.78, 5) is 8.08. The van der Waals surface area contributed by atoms with E-state index in [-0.39, 0.29) is 0 Å². The van der Waals surface area contributed by atoms with Crippen LogP contribution in [0.5, 0.6) is 11.6 Å². The number of aromatic nitrogens is 2. The first-order valence-electron chi connectivity index (χ1n) is 6.04. The SMILES string of the molecule is NNc1ncnc(Oc2ccc3c(c2)CCC3)c1Br. The van der Waals surface area contributed by atoms with Gasteiger partial charge in [-0.3, -0.25) is 0 Å². The van der Waals surface area contributed by atoms with E-state index in [1.54, 1.807) is 0 Å². The van der Waals surface area contributed by atoms with E-state index in [9.17, 15) is 0 Å². The van der Waals surface area contributed by atoms with Gasteiger partial charge in [-0.15, -0.1) is 0 Å². The maximum absolute atomic E-state index is 5.78. The summed E-state index contributed by atoms with van der Waals surface area (Å²) in [5.41, 5.74) is 5.26. The van der Waals surface area contributed by atoms with Crippen molar-refractivity contribution in [2.75, 3.05) is 5.43 Å². The molecule has 1 aliphatic rings. The van der Waals surface area contributed by atoms with Gasteiger partial charge < -0.3 is 10.2 Å². The molecular formula is C13H13BrN4O. The second-order valence-electron chi connectivity index (χ2n) is 4.37. The van der Waals surface area contributed by atoms with Crippen molar-refractivity contribution in [1.82, 2.24) is 9.97 Å². The van der Waals surface area contributed by atoms with Gasteiger partial charge in [0.25, 0.3) is 0 Å². The fourth-order valence-corrected chi connectivity index (χ4v) is 2.65. The summed E-state index contributed by atoms with van der Waals surface area (Å²) in [7, 11) is 0. The molecule has 0 unspecified atom stereocenters. The highest BCUT2D eigenvalue weighted by Gasteiger charge is 2.14. The van der Waals surface area contributed by atoms with Gasteiger partial charge >= 0.3 is 0 Å². The maximum Gasteiger partial charge on any atom is 0.238 e. The summed E-state index contributed by atoms with van der Waals surface area (Å²) in [5.74, 6) is 7.08. The molecule has 3 N–H and O–H groups in total. The number of hydrogen-bond acceptors (Lipinski definition) is 5. The van der Waals surface area contributed by atoms with Crippen LogP contribution in [-0.4, -0.2) is 9.97 Å². The van der Waals surface area contributed by atoms with Crippen LogP contribution in [0.1, 0.15) is 17.5 Å². The van der Waals surface area contributed by atoms with Crippen molar-refractivity contribution < 1.29 is 4.74 Å². The number of anilines is 1. The number of halogens is 1. The molecule has 0 radical (unpaired) electrons. The number of fused-ring (bicyclic) bond motifs is 1. The summed E-state index contributed by atoms with van der Waals surface area (Å²) in [6, 6.07) is 6.16. The van der Waals surface area contributed by atoms with E-state index in [0.717, 1.165) is 18.6 Å². The van der Waals surface area contributed by atoms with Crippen molar-refractivity contribution >= 4 is 21.7 Å². The van der Waals surface area contributed by atoms with Crippen LogP contribution in [0.2, 0.25) is 0 Å². The van der Waals surface area contributed by atoms with Gasteiger partial charge in [0.1, 0.15) is 16.5 Å². The Balaban J connectivity index is 1.89. The molecule has 0 aliphatic heterocycles. The molecule has 0 saturated carbocycles. The monoisotopic (exact) mass is 320 g/mol. The summed E-state index contributed by atoms with van der Waals surface area (Å²) < 4.78 is 6.39. The first-order valence-corrected chi connectivity index (χ1v) is 6.84. The van der Waals surface area contributed by atoms with Crippen molar-refractivity contribution in [1.29, 1.82) is 0 Å². The second-order valence-corrected chi connectivity index (χ2v) is 5.16. The van der Waals surface area contributed by atoms with Crippen LogP contribution in [-0.2, 0) is 12.8 Å². The van der Waals surface area contributed by atoms with Crippen LogP contribution in [0.15, 0.2) is 29.0 Å². The third kappa shape index (κ3) is 2.41. The Morgan fingerprint density at radius 1 is 1.21 bits per heavy atom. The van der Waals surface area contributed by atoms with Gasteiger partial charge in [0.05, 0.1) is 0 Å². The number of aryl methyl sites for hydroxylation is 2. The maximum atomic E-state index is 5.78. The van der Waals surface area contributed by atoms with E-state index in [1.807, 2.05) is 6.07 Å². The number of rotatable bonds is 3. The minimum atomic E-state index is 0.445. The predicted octanol–water partition coefficient (Wildman–Crippen LogP) is 2.81. The van der Waals surface area contributed by atoms with Crippen molar-refractivity contribution in [3.8, 4) is 11.6 Å². The lowest BCUT2D eigenvalue weighted by molar-refractivity contribution is 0.458. The van der Waals surface area contributed by atoms with Crippen LogP contribution >= 0.6 is 15.9 Å². The van der Waals surface area contributed by atoms with Crippen LogP contribution in [0, 0.1) is 0 Å². The molecule has 1 aromatic heterocycles. The van der Waals surface area contributed by atoms with Crippen molar-refractivity contribution in [3.05, 3.63) is 40.1 Å². The second kappa shape index (κ2) is 5.14. The number of hydrazine groups is 1. The molecule has 0 saturated heterocycles. The highest BCUT2D eigenvalue weighted by atomic mass is 79.9. The average molecular weight is 321 g/mol. The Kier molecular flexibility index (Phi) is 3.35. The van der Waals surface area contributed by atoms with E-state index < -0.39 is 0 Å². The lowest BCUT2D eigenvalue weighted by Crippen LogP contribution is -2.09. The largest absolute Gasteiger partial charge is 0.438 e. The lowest BCUT2D eigenvalue weighted by atomic mass is 10.1. The molecule has 0 fully saturated rings. The first-order chi connectivity index (χ1) is 9.28. The van der Waals surface area contributed by atoms with Gasteiger partial charge in [-0.25, -0.2) is 15.8 Å². The summed E-state index contributed by atoms with van der Waals surface area (Å²) in [6.07, 6.45) is 4.90. The molecule has 0 amide bonds. The number of nitrogens with one attached hydrogen (secondary N) is 1. The topological polar surface area (TPSA) is 73.1 Å². The predicted molar refractivity (Wildman–Crippen MR) is 76.1 cm³/mol. The minimum absolute atomic E-state index is 0.445. The Labute approximate surface area is 119 Å². The Hall–Kier alpha value is -1.66. The molecule has 0 atom stereocenters. The van der Waals surface area contributed by atoms with E-state index in [1.165, 1.54) is 23.9 Å². The van der Waals surface area contributed by atoms with Gasteiger partial charge in [0.2, 0.25) is 5.88 Å². The minimum Gasteiger partial charge on any atom is -0.438 e. The van der Waals surface area contributed by atoms with Gasteiger partial charge in [0, 0.05) is 0 Å². The molecule has 1 aliphatic carbocycles. The van der Waals surface area contributed by atoms with E-state index in [4.69, 9.17) is 10.6 Å². The fraction of sp³-hybridized carbons (Fsp3) is 0.231. The molecule has 3 rings (SSSR count). The highest BCUT2D eigenvalue weighted by Crippen LogP contribution is 2.33. The smallest absolute Gasteiger partial charge is 0.238 e. The number of nitrogens with two attached hydrogens (primary N) is 1. The summed E-state index contributed by atoms with van der Waals surface area (Å²) in [6.45, 7) is 0. The first kappa shape index (κ1) is 12.4. The van der Waals surface area contributed by atoms with Crippen LogP contribution in [0.3, 0.4) is 0 Å². The molecule has 1 aromatic carbocycles. The fourth-order valence-electron chi connectivity index (χ4n) is 2.25. The molecule has 0 bridgehead atoms. The zero-order valence-electron chi connectivity index (χ0n) is 10.2. The molecule has 0 spiro atoms. The molecule has 6 heteroatoms. The highest BCUT2D eigenvalue weighted by molar-refractivity contribution is 9.10. The van der Waals surface area contributed by atoms with Gasteiger partial charge in [0.15, 0.2) is 5.82 Å². The lowest BCUT2D eigenvalue weighted by Gasteiger charge is -2.10. The standard InChI is InChI=1S/C13H13BrN4O/c14-11-12(18-15)16-7-17-13(11)19-10-5-4-8-2-1-3-9(8)6-10/h4-7H,1-3,15H2,(H,16,17,18). The van der Waals surface area contributed by atoms with Crippen molar-refractivity contribution in [3.63, 3.8) is 0 Å². The quantitative estimate of drug-likeness (QED) is 0.672. The summed E-state index contributed by atoms with van der Waals surface area (Å²) >= 11 is 3.37. The van der Waals surface area contributed by atoms with Gasteiger partial charge in [-0.05, 0) is 58.5 Å². The normalized spacial score (nSPS) is 13.2. The molecule has 19 heavy (non-hydrogen) atoms. The van der Waals surface area contributed by atoms with Crippen LogP contribution < -0.4 is 16.0 Å². The molecule has 2 aromatic rings. The molecule has 98 valence electrons. The van der Waals surface area contributed by atoms with E-state index in [2.05, 4.69) is 43.5 Å². The van der Waals surface area contributed by atoms with Crippen molar-refractivity contribution in [2.24, 2.45) is 5.84 Å². The third-order valence-electron chi connectivity index (χ3n) is 3.18. The number of nitrogen functional groups attached to an aromatic ring is 1. The average Bonchev–Trinajstić information content (AvgIpc) is 2.88. The van der Waals surface area contributed by atoms with E-state index >= 15 is 0 Å². The van der Waals surface area contributed by atoms with Gasteiger partial charge in [-0.1, -0.05) is 6.07 Å².